The van der Waals surface area contributed by atoms with E-state index in [-0.39, 0.29) is 17.2 Å². The number of nitrogens with zero attached hydrogens (tertiary/aromatic N) is 4. The molecule has 28 heavy (non-hydrogen) atoms. The van der Waals surface area contributed by atoms with Crippen LogP contribution in [0.5, 0.6) is 0 Å². The summed E-state index contributed by atoms with van der Waals surface area (Å²) in [7, 11) is 0. The molecule has 0 radical (unpaired) electrons. The fourth-order valence-electron chi connectivity index (χ4n) is 2.49. The predicted molar refractivity (Wildman–Crippen MR) is 107 cm³/mol. The Bertz CT molecular complexity index is 1240. The number of nitriles is 1. The van der Waals surface area contributed by atoms with Crippen molar-refractivity contribution in [3.63, 3.8) is 0 Å². The summed E-state index contributed by atoms with van der Waals surface area (Å²) in [6, 6.07) is 14.2. The Kier molecular flexibility index (Phi) is 4.92. The van der Waals surface area contributed by atoms with Gasteiger partial charge in [-0.25, -0.2) is 9.61 Å². The van der Waals surface area contributed by atoms with Gasteiger partial charge in [0.05, 0.1) is 22.3 Å². The topological polar surface area (TPSA) is 116 Å². The van der Waals surface area contributed by atoms with Crippen LogP contribution in [0.4, 0.5) is 5.69 Å². The molecule has 0 saturated carbocycles. The van der Waals surface area contributed by atoms with Gasteiger partial charge in [0.25, 0.3) is 5.56 Å². The highest BCUT2D eigenvalue weighted by atomic mass is 32.2. The first-order valence-corrected chi connectivity index (χ1v) is 9.96. The average Bonchev–Trinajstić information content (AvgIpc) is 3.38. The average molecular weight is 408 g/mol. The first-order chi connectivity index (χ1) is 13.6. The molecule has 0 bridgehead atoms. The van der Waals surface area contributed by atoms with Crippen molar-refractivity contribution >= 4 is 40.2 Å². The highest BCUT2D eigenvalue weighted by molar-refractivity contribution is 7.99. The van der Waals surface area contributed by atoms with Gasteiger partial charge in [0.15, 0.2) is 0 Å². The van der Waals surface area contributed by atoms with Crippen LogP contribution in [-0.4, -0.2) is 31.5 Å². The van der Waals surface area contributed by atoms with Gasteiger partial charge in [-0.1, -0.05) is 17.8 Å². The zero-order valence-electron chi connectivity index (χ0n) is 14.2. The number of hydrogen-bond donors (Lipinski definition) is 2. The molecule has 0 saturated heterocycles. The molecule has 0 aliphatic heterocycles. The maximum Gasteiger partial charge on any atom is 0.290 e. The molecule has 0 fully saturated rings. The summed E-state index contributed by atoms with van der Waals surface area (Å²) in [5.41, 5.74) is 1.82. The van der Waals surface area contributed by atoms with Crippen molar-refractivity contribution in [3.8, 4) is 16.6 Å². The minimum atomic E-state index is -0.346. The number of carbonyl (C=O) groups is 1. The minimum absolute atomic E-state index is 0.0857. The lowest BCUT2D eigenvalue weighted by Crippen LogP contribution is -2.17. The molecule has 3 aromatic heterocycles. The van der Waals surface area contributed by atoms with Crippen molar-refractivity contribution in [1.82, 2.24) is 19.8 Å². The van der Waals surface area contributed by atoms with Gasteiger partial charge < -0.3 is 5.32 Å². The van der Waals surface area contributed by atoms with Gasteiger partial charge in [-0.2, -0.15) is 10.4 Å². The molecule has 0 unspecified atom stereocenters. The zero-order chi connectivity index (χ0) is 19.5. The van der Waals surface area contributed by atoms with Gasteiger partial charge in [-0.15, -0.1) is 16.4 Å². The summed E-state index contributed by atoms with van der Waals surface area (Å²) in [6.07, 6.45) is 0. The summed E-state index contributed by atoms with van der Waals surface area (Å²) < 4.78 is 1.45. The van der Waals surface area contributed by atoms with Gasteiger partial charge in [-0.3, -0.25) is 9.59 Å². The number of carbonyl (C=O) groups excluding carboxylic acids is 1. The van der Waals surface area contributed by atoms with E-state index in [0.717, 1.165) is 16.6 Å². The quantitative estimate of drug-likeness (QED) is 0.491. The van der Waals surface area contributed by atoms with Crippen LogP contribution in [0, 0.1) is 11.3 Å². The van der Waals surface area contributed by atoms with E-state index in [2.05, 4.69) is 20.6 Å². The number of rotatable bonds is 5. The molecular weight excluding hydrogens is 396 g/mol. The molecule has 1 aromatic carbocycles. The maximum atomic E-state index is 12.2. The summed E-state index contributed by atoms with van der Waals surface area (Å²) >= 11 is 2.69. The third-order valence-corrected chi connectivity index (χ3v) is 5.60. The van der Waals surface area contributed by atoms with Crippen molar-refractivity contribution in [1.29, 1.82) is 5.26 Å². The van der Waals surface area contributed by atoms with E-state index < -0.39 is 0 Å². The minimum Gasteiger partial charge on any atom is -0.325 e. The first-order valence-electron chi connectivity index (χ1n) is 8.09. The number of thioether (sulfide) groups is 1. The number of hydrogen-bond acceptors (Lipinski definition) is 7. The lowest BCUT2D eigenvalue weighted by atomic mass is 10.2. The van der Waals surface area contributed by atoms with E-state index >= 15 is 0 Å². The number of thiophene rings is 1. The Morgan fingerprint density at radius 1 is 1.32 bits per heavy atom. The molecule has 4 rings (SSSR count). The van der Waals surface area contributed by atoms with Gasteiger partial charge >= 0.3 is 0 Å². The highest BCUT2D eigenvalue weighted by Crippen LogP contribution is 2.25. The number of fused-ring (bicyclic) bond motifs is 1. The number of H-pyrrole nitrogens is 1. The van der Waals surface area contributed by atoms with Gasteiger partial charge in [0.2, 0.25) is 11.1 Å². The molecule has 4 aromatic rings. The van der Waals surface area contributed by atoms with Crippen LogP contribution in [0.3, 0.4) is 0 Å². The smallest absolute Gasteiger partial charge is 0.290 e. The van der Waals surface area contributed by atoms with Crippen LogP contribution in [0.1, 0.15) is 5.56 Å². The number of amides is 1. The number of anilines is 1. The van der Waals surface area contributed by atoms with E-state index in [9.17, 15) is 9.59 Å². The van der Waals surface area contributed by atoms with Crippen LogP contribution in [0.2, 0.25) is 0 Å². The second-order valence-electron chi connectivity index (χ2n) is 5.67. The van der Waals surface area contributed by atoms with Crippen molar-refractivity contribution < 1.29 is 4.79 Å². The lowest BCUT2D eigenvalue weighted by molar-refractivity contribution is -0.113. The van der Waals surface area contributed by atoms with Crippen molar-refractivity contribution in [3.05, 3.63) is 63.8 Å². The van der Waals surface area contributed by atoms with Crippen LogP contribution >= 0.6 is 23.1 Å². The fourth-order valence-corrected chi connectivity index (χ4v) is 3.87. The first kappa shape index (κ1) is 18.0. The van der Waals surface area contributed by atoms with Gasteiger partial charge in [0.1, 0.15) is 11.2 Å². The highest BCUT2D eigenvalue weighted by Gasteiger charge is 2.14. The Hall–Kier alpha value is -3.42. The van der Waals surface area contributed by atoms with E-state index in [4.69, 9.17) is 5.26 Å². The van der Waals surface area contributed by atoms with Crippen LogP contribution < -0.4 is 10.9 Å². The predicted octanol–water partition coefficient (Wildman–Crippen LogP) is 2.75. The summed E-state index contributed by atoms with van der Waals surface area (Å²) in [5.74, 6) is -0.149. The number of nitrogens with one attached hydrogen (secondary N) is 2. The molecule has 3 heterocycles. The van der Waals surface area contributed by atoms with Crippen molar-refractivity contribution in [2.75, 3.05) is 11.1 Å². The normalized spacial score (nSPS) is 10.7. The molecule has 0 aliphatic rings. The van der Waals surface area contributed by atoms with E-state index in [1.54, 1.807) is 30.3 Å². The van der Waals surface area contributed by atoms with E-state index in [1.165, 1.54) is 15.9 Å². The molecule has 1 amide bonds. The standard InChI is InChI=1S/C18H12N6O2S2/c19-9-11-3-5-12(6-4-11)20-16(25)10-28-18-22-21-17(26)14-8-13(23-24(14)18)15-2-1-7-27-15/h1-8H,10H2,(H,20,25)(H,21,26). The Morgan fingerprint density at radius 2 is 2.14 bits per heavy atom. The molecule has 8 nitrogen and oxygen atoms in total. The molecule has 2 N–H and O–H groups in total. The van der Waals surface area contributed by atoms with Crippen LogP contribution in [-0.2, 0) is 4.79 Å². The molecular formula is C18H12N6O2S2. The molecule has 0 aliphatic carbocycles. The second-order valence-corrected chi connectivity index (χ2v) is 7.56. The summed E-state index contributed by atoms with van der Waals surface area (Å²) in [6.45, 7) is 0. The number of aromatic nitrogens is 4. The van der Waals surface area contributed by atoms with Gasteiger partial charge in [0, 0.05) is 5.69 Å². The van der Waals surface area contributed by atoms with E-state index in [1.807, 2.05) is 23.6 Å². The third kappa shape index (κ3) is 3.66. The third-order valence-electron chi connectivity index (χ3n) is 3.78. The Balaban J connectivity index is 1.51. The molecule has 10 heteroatoms. The molecule has 138 valence electrons. The largest absolute Gasteiger partial charge is 0.325 e. The SMILES string of the molecule is N#Cc1ccc(NC(=O)CSc2n[nH]c(=O)c3cc(-c4cccs4)nn23)cc1. The van der Waals surface area contributed by atoms with E-state index in [0.29, 0.717) is 27.6 Å². The van der Waals surface area contributed by atoms with Crippen molar-refractivity contribution in [2.24, 2.45) is 0 Å². The summed E-state index contributed by atoms with van der Waals surface area (Å²) in [4.78, 5) is 25.2. The maximum absolute atomic E-state index is 12.2. The van der Waals surface area contributed by atoms with Crippen molar-refractivity contribution in [2.45, 2.75) is 5.16 Å². The Morgan fingerprint density at radius 3 is 2.86 bits per heavy atom. The van der Waals surface area contributed by atoms with Crippen LogP contribution in [0.25, 0.3) is 16.1 Å². The second kappa shape index (κ2) is 7.67. The summed E-state index contributed by atoms with van der Waals surface area (Å²) in [5, 5.41) is 24.8. The Labute approximate surface area is 166 Å². The molecule has 0 atom stereocenters. The molecule has 0 spiro atoms. The number of benzene rings is 1. The zero-order valence-corrected chi connectivity index (χ0v) is 15.9. The monoisotopic (exact) mass is 408 g/mol. The van der Waals surface area contributed by atoms with Gasteiger partial charge in [-0.05, 0) is 41.8 Å². The lowest BCUT2D eigenvalue weighted by Gasteiger charge is -2.05. The van der Waals surface area contributed by atoms with Crippen LogP contribution in [0.15, 0.2) is 57.8 Å². The fraction of sp³-hybridized carbons (Fsp3) is 0.0556. The number of aromatic amines is 1.